The van der Waals surface area contributed by atoms with Crippen LogP contribution in [0, 0.1) is 17.0 Å². The molecule has 7 nitrogen and oxygen atoms in total. The van der Waals surface area contributed by atoms with Gasteiger partial charge in [-0.05, 0) is 25.8 Å². The zero-order chi connectivity index (χ0) is 14.8. The van der Waals surface area contributed by atoms with Crippen molar-refractivity contribution in [3.8, 4) is 0 Å². The number of aromatic nitrogens is 3. The summed E-state index contributed by atoms with van der Waals surface area (Å²) in [6, 6.07) is 2.28. The van der Waals surface area contributed by atoms with Gasteiger partial charge in [0.2, 0.25) is 0 Å². The first-order valence-corrected chi connectivity index (χ1v) is 6.98. The van der Waals surface area contributed by atoms with Crippen LogP contribution < -0.4 is 4.90 Å². The normalized spacial score (nSPS) is 16.1. The highest BCUT2D eigenvalue weighted by molar-refractivity contribution is 5.48. The maximum atomic E-state index is 10.8. The van der Waals surface area contributed by atoms with Crippen LogP contribution in [-0.2, 0) is 0 Å². The molecule has 3 rings (SSSR count). The van der Waals surface area contributed by atoms with E-state index in [0.29, 0.717) is 11.6 Å². The van der Waals surface area contributed by atoms with E-state index in [1.165, 1.54) is 6.20 Å². The lowest BCUT2D eigenvalue weighted by Gasteiger charge is -2.33. The molecule has 1 aliphatic rings. The zero-order valence-corrected chi connectivity index (χ0v) is 11.8. The van der Waals surface area contributed by atoms with Crippen molar-refractivity contribution >= 4 is 11.5 Å². The van der Waals surface area contributed by atoms with Gasteiger partial charge in [-0.3, -0.25) is 10.1 Å². The zero-order valence-electron chi connectivity index (χ0n) is 11.8. The average Bonchev–Trinajstić information content (AvgIpc) is 3.01. The fourth-order valence-electron chi connectivity index (χ4n) is 2.78. The van der Waals surface area contributed by atoms with Crippen LogP contribution in [0.2, 0.25) is 0 Å². The molecule has 0 aliphatic carbocycles. The molecule has 110 valence electrons. The highest BCUT2D eigenvalue weighted by Gasteiger charge is 2.22. The predicted octanol–water partition coefficient (Wildman–Crippen LogP) is 2.34. The van der Waals surface area contributed by atoms with Gasteiger partial charge in [-0.15, -0.1) is 0 Å². The maximum Gasteiger partial charge on any atom is 0.290 e. The third kappa shape index (κ3) is 2.72. The maximum absolute atomic E-state index is 10.8. The first-order chi connectivity index (χ1) is 10.1. The van der Waals surface area contributed by atoms with Crippen molar-refractivity contribution in [3.63, 3.8) is 0 Å². The summed E-state index contributed by atoms with van der Waals surface area (Å²) in [5.74, 6) is 0.821. The van der Waals surface area contributed by atoms with E-state index in [1.807, 2.05) is 12.5 Å². The number of piperidine rings is 1. The van der Waals surface area contributed by atoms with Crippen LogP contribution in [0.5, 0.6) is 0 Å². The standard InChI is InChI=1S/C14H17N5O2/c1-11-8-14(16-9-13(11)19(20)21)17-5-2-12(3-6-17)18-7-4-15-10-18/h4,7-10,12H,2-3,5-6H2,1H3. The summed E-state index contributed by atoms with van der Waals surface area (Å²) in [5, 5.41) is 10.8. The van der Waals surface area contributed by atoms with E-state index in [1.54, 1.807) is 19.2 Å². The minimum atomic E-state index is -0.391. The summed E-state index contributed by atoms with van der Waals surface area (Å²) >= 11 is 0. The van der Waals surface area contributed by atoms with E-state index in [9.17, 15) is 10.1 Å². The Morgan fingerprint density at radius 1 is 1.38 bits per heavy atom. The van der Waals surface area contributed by atoms with Gasteiger partial charge in [0.15, 0.2) is 0 Å². The number of imidazole rings is 1. The second kappa shape index (κ2) is 5.51. The van der Waals surface area contributed by atoms with Crippen molar-refractivity contribution in [2.75, 3.05) is 18.0 Å². The molecule has 1 fully saturated rings. The van der Waals surface area contributed by atoms with E-state index in [2.05, 4.69) is 19.4 Å². The number of pyridine rings is 1. The van der Waals surface area contributed by atoms with Gasteiger partial charge >= 0.3 is 0 Å². The highest BCUT2D eigenvalue weighted by atomic mass is 16.6. The summed E-state index contributed by atoms with van der Waals surface area (Å²) in [7, 11) is 0. The number of anilines is 1. The van der Waals surface area contributed by atoms with Crippen LogP contribution in [0.4, 0.5) is 11.5 Å². The van der Waals surface area contributed by atoms with Gasteiger partial charge in [0.05, 0.1) is 11.3 Å². The Morgan fingerprint density at radius 3 is 2.71 bits per heavy atom. The minimum absolute atomic E-state index is 0.0760. The second-order valence-corrected chi connectivity index (χ2v) is 5.31. The Balaban J connectivity index is 1.69. The van der Waals surface area contributed by atoms with Crippen molar-refractivity contribution in [1.29, 1.82) is 0 Å². The summed E-state index contributed by atoms with van der Waals surface area (Å²) in [6.45, 7) is 3.54. The Labute approximate surface area is 122 Å². The first kappa shape index (κ1) is 13.5. The molecule has 2 aromatic rings. The number of rotatable bonds is 3. The molecule has 21 heavy (non-hydrogen) atoms. The van der Waals surface area contributed by atoms with Crippen molar-refractivity contribution in [2.24, 2.45) is 0 Å². The Morgan fingerprint density at radius 2 is 2.14 bits per heavy atom. The number of hydrogen-bond acceptors (Lipinski definition) is 5. The van der Waals surface area contributed by atoms with Crippen LogP contribution in [-0.4, -0.2) is 32.5 Å². The molecule has 0 unspecified atom stereocenters. The van der Waals surface area contributed by atoms with E-state index < -0.39 is 4.92 Å². The SMILES string of the molecule is Cc1cc(N2CCC(n3ccnc3)CC2)ncc1[N+](=O)[O-]. The van der Waals surface area contributed by atoms with Crippen molar-refractivity contribution < 1.29 is 4.92 Å². The molecule has 0 aromatic carbocycles. The molecule has 0 spiro atoms. The minimum Gasteiger partial charge on any atom is -0.356 e. The van der Waals surface area contributed by atoms with Crippen LogP contribution in [0.15, 0.2) is 31.0 Å². The number of nitrogens with zero attached hydrogens (tertiary/aromatic N) is 5. The molecule has 1 aliphatic heterocycles. The number of nitro groups is 1. The first-order valence-electron chi connectivity index (χ1n) is 6.98. The molecule has 3 heterocycles. The predicted molar refractivity (Wildman–Crippen MR) is 78.3 cm³/mol. The van der Waals surface area contributed by atoms with Crippen molar-refractivity contribution in [3.05, 3.63) is 46.7 Å². The Kier molecular flexibility index (Phi) is 3.55. The second-order valence-electron chi connectivity index (χ2n) is 5.31. The van der Waals surface area contributed by atoms with Gasteiger partial charge < -0.3 is 9.47 Å². The summed E-state index contributed by atoms with van der Waals surface area (Å²) < 4.78 is 2.14. The molecule has 0 saturated carbocycles. The van der Waals surface area contributed by atoms with E-state index >= 15 is 0 Å². The van der Waals surface area contributed by atoms with Gasteiger partial charge in [0.25, 0.3) is 5.69 Å². The number of hydrogen-bond donors (Lipinski definition) is 0. The molecule has 0 bridgehead atoms. The van der Waals surface area contributed by atoms with Gasteiger partial charge in [-0.2, -0.15) is 0 Å². The van der Waals surface area contributed by atoms with Gasteiger partial charge in [-0.25, -0.2) is 9.97 Å². The molecule has 0 atom stereocenters. The molecule has 1 saturated heterocycles. The molecular formula is C14H17N5O2. The molecular weight excluding hydrogens is 270 g/mol. The molecule has 7 heteroatoms. The monoisotopic (exact) mass is 287 g/mol. The quantitative estimate of drug-likeness (QED) is 0.639. The molecule has 0 N–H and O–H groups in total. The van der Waals surface area contributed by atoms with Crippen molar-refractivity contribution in [1.82, 2.24) is 14.5 Å². The van der Waals surface area contributed by atoms with Crippen molar-refractivity contribution in [2.45, 2.75) is 25.8 Å². The van der Waals surface area contributed by atoms with Gasteiger partial charge in [-0.1, -0.05) is 0 Å². The topological polar surface area (TPSA) is 77.1 Å². The van der Waals surface area contributed by atoms with Crippen LogP contribution >= 0.6 is 0 Å². The molecule has 2 aromatic heterocycles. The summed E-state index contributed by atoms with van der Waals surface area (Å²) in [5.41, 5.74) is 0.730. The third-order valence-electron chi connectivity index (χ3n) is 4.00. The van der Waals surface area contributed by atoms with Gasteiger partial charge in [0.1, 0.15) is 12.0 Å². The molecule has 0 radical (unpaired) electrons. The number of aryl methyl sites for hydroxylation is 1. The lowest BCUT2D eigenvalue weighted by atomic mass is 10.0. The van der Waals surface area contributed by atoms with Crippen LogP contribution in [0.25, 0.3) is 0 Å². The van der Waals surface area contributed by atoms with E-state index in [0.717, 1.165) is 31.7 Å². The van der Waals surface area contributed by atoms with Gasteiger partial charge in [0, 0.05) is 37.1 Å². The summed E-state index contributed by atoms with van der Waals surface area (Å²) in [6.07, 6.45) is 9.05. The van der Waals surface area contributed by atoms with E-state index in [4.69, 9.17) is 0 Å². The highest BCUT2D eigenvalue weighted by Crippen LogP contribution is 2.27. The largest absolute Gasteiger partial charge is 0.356 e. The van der Waals surface area contributed by atoms with E-state index in [-0.39, 0.29) is 5.69 Å². The fourth-order valence-corrected chi connectivity index (χ4v) is 2.78. The smallest absolute Gasteiger partial charge is 0.290 e. The average molecular weight is 287 g/mol. The Bertz CT molecular complexity index is 633. The summed E-state index contributed by atoms with van der Waals surface area (Å²) in [4.78, 5) is 20.9. The Hall–Kier alpha value is -2.44. The lowest BCUT2D eigenvalue weighted by molar-refractivity contribution is -0.385. The van der Waals surface area contributed by atoms with Crippen LogP contribution in [0.1, 0.15) is 24.4 Å². The molecule has 0 amide bonds. The third-order valence-corrected chi connectivity index (χ3v) is 4.00. The lowest BCUT2D eigenvalue weighted by Crippen LogP contribution is -2.35. The van der Waals surface area contributed by atoms with Crippen LogP contribution in [0.3, 0.4) is 0 Å². The fraction of sp³-hybridized carbons (Fsp3) is 0.429.